The quantitative estimate of drug-likeness (QED) is 0.774. The van der Waals surface area contributed by atoms with E-state index in [-0.39, 0.29) is 13.0 Å². The normalized spacial score (nSPS) is 20.9. The molecule has 0 aliphatic carbocycles. The van der Waals surface area contributed by atoms with Crippen LogP contribution < -0.4 is 14.4 Å². The number of anilines is 2. The zero-order chi connectivity index (χ0) is 19.5. The summed E-state index contributed by atoms with van der Waals surface area (Å²) in [6.45, 7) is 5.71. The van der Waals surface area contributed by atoms with Gasteiger partial charge in [-0.15, -0.1) is 0 Å². The van der Waals surface area contributed by atoms with Crippen LogP contribution >= 0.6 is 0 Å². The fraction of sp³-hybridized carbons (Fsp3) is 0.250. The van der Waals surface area contributed by atoms with E-state index in [9.17, 15) is 13.2 Å². The first-order valence-corrected chi connectivity index (χ1v) is 10.0. The van der Waals surface area contributed by atoms with Crippen molar-refractivity contribution < 1.29 is 17.9 Å². The van der Waals surface area contributed by atoms with Gasteiger partial charge in [-0.2, -0.15) is 0 Å². The summed E-state index contributed by atoms with van der Waals surface area (Å²) in [6, 6.07) is 15.6. The highest BCUT2D eigenvalue weighted by Gasteiger charge is 2.54. The Labute approximate surface area is 159 Å². The molecular formula is C20H22N2O4S. The number of nitrogens with zero attached hydrogens (tertiary/aromatic N) is 1. The lowest BCUT2D eigenvalue weighted by molar-refractivity contribution is -0.118. The van der Waals surface area contributed by atoms with Gasteiger partial charge < -0.3 is 10.1 Å². The van der Waals surface area contributed by atoms with Crippen molar-refractivity contribution in [3.63, 3.8) is 0 Å². The maximum Gasteiger partial charge on any atom is 0.249 e. The van der Waals surface area contributed by atoms with Crippen LogP contribution in [0.25, 0.3) is 0 Å². The third kappa shape index (κ3) is 3.55. The number of sulfonamides is 1. The molecule has 2 aromatic rings. The third-order valence-electron chi connectivity index (χ3n) is 4.66. The maximum absolute atomic E-state index is 13.1. The number of rotatable bonds is 6. The van der Waals surface area contributed by atoms with Gasteiger partial charge in [0.2, 0.25) is 15.9 Å². The molecule has 0 aromatic heterocycles. The number of hydrogen-bond acceptors (Lipinski definition) is 4. The molecule has 1 unspecified atom stereocenters. The van der Waals surface area contributed by atoms with Crippen LogP contribution in [-0.4, -0.2) is 32.2 Å². The lowest BCUT2D eigenvalue weighted by Crippen LogP contribution is -2.47. The number of hydrogen-bond donors (Lipinski definition) is 1. The van der Waals surface area contributed by atoms with Crippen molar-refractivity contribution in [2.45, 2.75) is 18.1 Å². The summed E-state index contributed by atoms with van der Waals surface area (Å²) < 4.78 is 31.3. The van der Waals surface area contributed by atoms with Gasteiger partial charge in [0, 0.05) is 12.2 Å². The molecule has 27 heavy (non-hydrogen) atoms. The van der Waals surface area contributed by atoms with Crippen LogP contribution in [0.4, 0.5) is 11.4 Å². The van der Waals surface area contributed by atoms with Crippen LogP contribution in [0.1, 0.15) is 13.3 Å². The molecule has 2 aromatic carbocycles. The molecule has 1 fully saturated rings. The van der Waals surface area contributed by atoms with Gasteiger partial charge in [-0.1, -0.05) is 30.9 Å². The monoisotopic (exact) mass is 386 g/mol. The van der Waals surface area contributed by atoms with Crippen LogP contribution in [0.3, 0.4) is 0 Å². The summed E-state index contributed by atoms with van der Waals surface area (Å²) >= 11 is 0. The van der Waals surface area contributed by atoms with Gasteiger partial charge in [0.25, 0.3) is 0 Å². The minimum atomic E-state index is -3.83. The molecule has 1 heterocycles. The minimum Gasteiger partial charge on any atom is -0.490 e. The van der Waals surface area contributed by atoms with Crippen molar-refractivity contribution in [2.75, 3.05) is 22.8 Å². The highest BCUT2D eigenvalue weighted by atomic mass is 32.2. The summed E-state index contributed by atoms with van der Waals surface area (Å²) in [7, 11) is -3.83. The molecule has 0 saturated carbocycles. The molecule has 142 valence electrons. The zero-order valence-electron chi connectivity index (χ0n) is 15.1. The highest BCUT2D eigenvalue weighted by Crippen LogP contribution is 2.37. The highest BCUT2D eigenvalue weighted by molar-refractivity contribution is 7.95. The SMILES string of the molecule is C=CCOc1ccc(NC(=O)C2(C)CCN(c3ccccc3)S2(=O)=O)cc1. The number of nitrogens with one attached hydrogen (secondary N) is 1. The van der Waals surface area contributed by atoms with Crippen LogP contribution in [-0.2, 0) is 14.8 Å². The molecular weight excluding hydrogens is 364 g/mol. The average molecular weight is 386 g/mol. The Morgan fingerprint density at radius 1 is 1.22 bits per heavy atom. The second-order valence-corrected chi connectivity index (χ2v) is 8.76. The zero-order valence-corrected chi connectivity index (χ0v) is 15.9. The molecule has 0 spiro atoms. The fourth-order valence-electron chi connectivity index (χ4n) is 2.95. The summed E-state index contributed by atoms with van der Waals surface area (Å²) in [5, 5.41) is 2.71. The largest absolute Gasteiger partial charge is 0.490 e. The Hall–Kier alpha value is -2.80. The number of amides is 1. The van der Waals surface area contributed by atoms with E-state index in [4.69, 9.17) is 4.74 Å². The Bertz CT molecular complexity index is 926. The van der Waals surface area contributed by atoms with E-state index in [1.165, 1.54) is 11.2 Å². The second kappa shape index (κ2) is 7.44. The topological polar surface area (TPSA) is 75.7 Å². The Morgan fingerprint density at radius 2 is 1.89 bits per heavy atom. The molecule has 3 rings (SSSR count). The number of carbonyl (C=O) groups excluding carboxylic acids is 1. The van der Waals surface area contributed by atoms with Gasteiger partial charge in [-0.05, 0) is 49.7 Å². The van der Waals surface area contributed by atoms with Crippen molar-refractivity contribution in [3.05, 3.63) is 67.3 Å². The molecule has 0 radical (unpaired) electrons. The van der Waals surface area contributed by atoms with Gasteiger partial charge in [-0.3, -0.25) is 9.10 Å². The van der Waals surface area contributed by atoms with Gasteiger partial charge in [0.15, 0.2) is 4.75 Å². The smallest absolute Gasteiger partial charge is 0.249 e. The number of carbonyl (C=O) groups is 1. The molecule has 1 aliphatic heterocycles. The predicted octanol–water partition coefficient (Wildman–Crippen LogP) is 3.19. The predicted molar refractivity (Wildman–Crippen MR) is 106 cm³/mol. The van der Waals surface area contributed by atoms with Crippen LogP contribution in [0.2, 0.25) is 0 Å². The van der Waals surface area contributed by atoms with E-state index in [0.717, 1.165) is 0 Å². The summed E-state index contributed by atoms with van der Waals surface area (Å²) in [4.78, 5) is 12.8. The van der Waals surface area contributed by atoms with Crippen LogP contribution in [0.5, 0.6) is 5.75 Å². The average Bonchev–Trinajstić information content (AvgIpc) is 2.92. The second-order valence-electron chi connectivity index (χ2n) is 6.47. The van der Waals surface area contributed by atoms with E-state index in [1.54, 1.807) is 54.6 Å². The molecule has 1 atom stereocenters. The number of benzene rings is 2. The lowest BCUT2D eigenvalue weighted by Gasteiger charge is -2.25. The van der Waals surface area contributed by atoms with Crippen molar-refractivity contribution in [2.24, 2.45) is 0 Å². The minimum absolute atomic E-state index is 0.219. The molecule has 1 aliphatic rings. The van der Waals surface area contributed by atoms with Gasteiger partial charge in [0.1, 0.15) is 12.4 Å². The molecule has 6 nitrogen and oxygen atoms in total. The summed E-state index contributed by atoms with van der Waals surface area (Å²) in [5.41, 5.74) is 1.08. The van der Waals surface area contributed by atoms with E-state index in [1.807, 2.05) is 6.07 Å². The van der Waals surface area contributed by atoms with Gasteiger partial charge in [0.05, 0.1) is 5.69 Å². The summed E-state index contributed by atoms with van der Waals surface area (Å²) in [5.74, 6) is 0.101. The van der Waals surface area contributed by atoms with E-state index in [2.05, 4.69) is 11.9 Å². The molecule has 1 saturated heterocycles. The van der Waals surface area contributed by atoms with E-state index < -0.39 is 20.7 Å². The molecule has 7 heteroatoms. The van der Waals surface area contributed by atoms with Gasteiger partial charge in [-0.25, -0.2) is 8.42 Å². The first kappa shape index (κ1) is 19.0. The lowest BCUT2D eigenvalue weighted by atomic mass is 10.1. The Balaban J connectivity index is 1.77. The van der Waals surface area contributed by atoms with Crippen LogP contribution in [0.15, 0.2) is 67.3 Å². The standard InChI is InChI=1S/C20H22N2O4S/c1-3-15-26-18-11-9-16(10-12-18)21-19(23)20(2)13-14-22(27(20,24)25)17-7-5-4-6-8-17/h3-12H,1,13-15H2,2H3,(H,21,23). The maximum atomic E-state index is 13.1. The number of ether oxygens (including phenoxy) is 1. The molecule has 0 bridgehead atoms. The first-order chi connectivity index (χ1) is 12.9. The summed E-state index contributed by atoms with van der Waals surface area (Å²) in [6.07, 6.45) is 1.86. The van der Waals surface area contributed by atoms with E-state index in [0.29, 0.717) is 23.7 Å². The van der Waals surface area contributed by atoms with Crippen molar-refractivity contribution >= 4 is 27.3 Å². The Kier molecular flexibility index (Phi) is 5.23. The third-order valence-corrected chi connectivity index (χ3v) is 7.16. The first-order valence-electron chi connectivity index (χ1n) is 8.61. The number of para-hydroxylation sites is 1. The molecule has 1 amide bonds. The van der Waals surface area contributed by atoms with Crippen molar-refractivity contribution in [1.82, 2.24) is 0 Å². The van der Waals surface area contributed by atoms with Crippen molar-refractivity contribution in [3.8, 4) is 5.75 Å². The fourth-order valence-corrected chi connectivity index (χ4v) is 4.80. The van der Waals surface area contributed by atoms with E-state index >= 15 is 0 Å². The van der Waals surface area contributed by atoms with Crippen LogP contribution in [0, 0.1) is 0 Å². The van der Waals surface area contributed by atoms with Crippen molar-refractivity contribution in [1.29, 1.82) is 0 Å². The Morgan fingerprint density at radius 3 is 2.52 bits per heavy atom. The van der Waals surface area contributed by atoms with Gasteiger partial charge >= 0.3 is 0 Å². The molecule has 1 N–H and O–H groups in total.